The Morgan fingerprint density at radius 2 is 2.22 bits per heavy atom. The van der Waals surface area contributed by atoms with Crippen LogP contribution in [0.4, 0.5) is 5.69 Å². The van der Waals surface area contributed by atoms with Gasteiger partial charge in [-0.1, -0.05) is 17.7 Å². The Bertz CT molecular complexity index is 548. The lowest BCUT2D eigenvalue weighted by atomic mass is 10.3. The molecule has 3 nitrogen and oxygen atoms in total. The molecule has 0 aliphatic heterocycles. The summed E-state index contributed by atoms with van der Waals surface area (Å²) in [7, 11) is 1.62. The summed E-state index contributed by atoms with van der Waals surface area (Å²) in [5.74, 6) is 1.38. The maximum Gasteiger partial charge on any atom is 0.217 e. The molecule has 0 saturated heterocycles. The lowest BCUT2D eigenvalue weighted by molar-refractivity contribution is 0.394. The molecule has 0 radical (unpaired) electrons. The molecule has 0 aliphatic rings. The summed E-state index contributed by atoms with van der Waals surface area (Å²) in [5, 5.41) is 0.706. The molecule has 0 atom stereocenters. The highest BCUT2D eigenvalue weighted by atomic mass is 35.5. The van der Waals surface area contributed by atoms with Crippen LogP contribution in [0.15, 0.2) is 41.4 Å². The van der Waals surface area contributed by atoms with Gasteiger partial charge in [-0.3, -0.25) is 0 Å². The Morgan fingerprint density at radius 1 is 1.39 bits per heavy atom. The second-order valence-corrected chi connectivity index (χ2v) is 5.07. The molecule has 94 valence electrons. The number of nitrogens with two attached hydrogens (primary N) is 1. The fourth-order valence-corrected chi connectivity index (χ4v) is 2.74. The van der Waals surface area contributed by atoms with Crippen LogP contribution in [0, 0.1) is 0 Å². The van der Waals surface area contributed by atoms with Crippen molar-refractivity contribution in [3.8, 4) is 5.88 Å². The maximum absolute atomic E-state index is 6.11. The van der Waals surface area contributed by atoms with Gasteiger partial charge in [-0.15, -0.1) is 11.8 Å². The van der Waals surface area contributed by atoms with E-state index in [1.807, 2.05) is 18.2 Å². The number of hydrogen-bond acceptors (Lipinski definition) is 4. The largest absolute Gasteiger partial charge is 0.481 e. The van der Waals surface area contributed by atoms with Gasteiger partial charge in [-0.2, -0.15) is 0 Å². The first-order chi connectivity index (χ1) is 8.70. The molecule has 0 aliphatic carbocycles. The molecule has 0 unspecified atom stereocenters. The van der Waals surface area contributed by atoms with Crippen LogP contribution in [-0.2, 0) is 5.75 Å². The van der Waals surface area contributed by atoms with E-state index in [0.717, 1.165) is 16.2 Å². The molecule has 18 heavy (non-hydrogen) atoms. The number of benzene rings is 1. The van der Waals surface area contributed by atoms with Gasteiger partial charge in [0.1, 0.15) is 0 Å². The highest BCUT2D eigenvalue weighted by Crippen LogP contribution is 2.32. The first-order valence-electron chi connectivity index (χ1n) is 5.36. The van der Waals surface area contributed by atoms with E-state index in [0.29, 0.717) is 16.6 Å². The number of methoxy groups -OCH3 is 1. The number of ether oxygens (including phenoxy) is 1. The second-order valence-electron chi connectivity index (χ2n) is 3.65. The third-order valence-corrected chi connectivity index (χ3v) is 3.93. The van der Waals surface area contributed by atoms with Gasteiger partial charge in [0.15, 0.2) is 0 Å². The van der Waals surface area contributed by atoms with Crippen molar-refractivity contribution in [2.24, 2.45) is 0 Å². The predicted molar refractivity (Wildman–Crippen MR) is 76.2 cm³/mol. The number of pyridine rings is 1. The lowest BCUT2D eigenvalue weighted by Crippen LogP contribution is -1.93. The van der Waals surface area contributed by atoms with E-state index in [2.05, 4.69) is 4.98 Å². The van der Waals surface area contributed by atoms with Crippen LogP contribution >= 0.6 is 23.4 Å². The van der Waals surface area contributed by atoms with E-state index in [4.69, 9.17) is 22.1 Å². The van der Waals surface area contributed by atoms with Crippen molar-refractivity contribution in [3.63, 3.8) is 0 Å². The zero-order valence-electron chi connectivity index (χ0n) is 9.89. The summed E-state index contributed by atoms with van der Waals surface area (Å²) in [6.45, 7) is 0. The molecule has 2 N–H and O–H groups in total. The average Bonchev–Trinajstić information content (AvgIpc) is 2.40. The summed E-state index contributed by atoms with van der Waals surface area (Å²) < 4.78 is 5.21. The Hall–Kier alpha value is -1.39. The zero-order valence-corrected chi connectivity index (χ0v) is 11.5. The minimum Gasteiger partial charge on any atom is -0.481 e. The van der Waals surface area contributed by atoms with E-state index >= 15 is 0 Å². The van der Waals surface area contributed by atoms with E-state index < -0.39 is 0 Å². The van der Waals surface area contributed by atoms with Gasteiger partial charge in [-0.25, -0.2) is 4.98 Å². The molecule has 5 heteroatoms. The number of nitrogens with zero attached hydrogens (tertiary/aromatic N) is 1. The lowest BCUT2D eigenvalue weighted by Gasteiger charge is -2.08. The smallest absolute Gasteiger partial charge is 0.217 e. The van der Waals surface area contributed by atoms with E-state index in [-0.39, 0.29) is 0 Å². The van der Waals surface area contributed by atoms with Crippen molar-refractivity contribution in [1.29, 1.82) is 0 Å². The van der Waals surface area contributed by atoms with Crippen molar-refractivity contribution in [2.75, 3.05) is 12.8 Å². The van der Waals surface area contributed by atoms with Gasteiger partial charge < -0.3 is 10.5 Å². The highest BCUT2D eigenvalue weighted by Gasteiger charge is 2.06. The van der Waals surface area contributed by atoms with Crippen LogP contribution in [-0.4, -0.2) is 12.1 Å². The fourth-order valence-electron chi connectivity index (χ4n) is 1.50. The molecule has 0 bridgehead atoms. The molecule has 0 fully saturated rings. The first-order valence-corrected chi connectivity index (χ1v) is 6.73. The van der Waals surface area contributed by atoms with E-state index in [9.17, 15) is 0 Å². The van der Waals surface area contributed by atoms with E-state index in [1.54, 1.807) is 37.2 Å². The summed E-state index contributed by atoms with van der Waals surface area (Å²) in [6.07, 6.45) is 1.71. The third kappa shape index (κ3) is 3.09. The van der Waals surface area contributed by atoms with Crippen molar-refractivity contribution in [2.45, 2.75) is 10.6 Å². The fraction of sp³-hybridized carbons (Fsp3) is 0.154. The molecule has 0 amide bonds. The van der Waals surface area contributed by atoms with Gasteiger partial charge in [0.05, 0.1) is 12.1 Å². The minimum atomic E-state index is 0.644. The minimum absolute atomic E-state index is 0.644. The summed E-state index contributed by atoms with van der Waals surface area (Å²) in [6, 6.07) is 9.34. The van der Waals surface area contributed by atoms with Crippen LogP contribution in [0.25, 0.3) is 0 Å². The van der Waals surface area contributed by atoms with Gasteiger partial charge in [0.2, 0.25) is 5.88 Å². The molecular formula is C13H13ClN2OS. The van der Waals surface area contributed by atoms with Crippen LogP contribution in [0.3, 0.4) is 0 Å². The Kier molecular flexibility index (Phi) is 4.33. The molecule has 0 saturated carbocycles. The molecule has 1 aromatic carbocycles. The summed E-state index contributed by atoms with van der Waals surface area (Å²) in [5.41, 5.74) is 7.48. The predicted octanol–water partition coefficient (Wildman–Crippen LogP) is 3.62. The van der Waals surface area contributed by atoms with Crippen molar-refractivity contribution < 1.29 is 4.74 Å². The van der Waals surface area contributed by atoms with Crippen LogP contribution in [0.1, 0.15) is 5.56 Å². The number of anilines is 1. The van der Waals surface area contributed by atoms with Crippen molar-refractivity contribution in [1.82, 2.24) is 4.98 Å². The molecular weight excluding hydrogens is 268 g/mol. The number of hydrogen-bond donors (Lipinski definition) is 1. The summed E-state index contributed by atoms with van der Waals surface area (Å²) in [4.78, 5) is 5.12. The standard InChI is InChI=1S/C13H13ClN2OS/c1-17-13-9(3-2-6-16-13)8-18-12-7-10(15)4-5-11(12)14/h2-7H,8,15H2,1H3. The number of thioether (sulfide) groups is 1. The van der Waals surface area contributed by atoms with Crippen molar-refractivity contribution in [3.05, 3.63) is 47.1 Å². The van der Waals surface area contributed by atoms with Gasteiger partial charge in [0.25, 0.3) is 0 Å². The van der Waals surface area contributed by atoms with Gasteiger partial charge in [0, 0.05) is 28.1 Å². The van der Waals surface area contributed by atoms with Gasteiger partial charge in [-0.05, 0) is 24.3 Å². The molecule has 0 spiro atoms. The highest BCUT2D eigenvalue weighted by molar-refractivity contribution is 7.98. The SMILES string of the molecule is COc1ncccc1CSc1cc(N)ccc1Cl. The number of rotatable bonds is 4. The first kappa shape index (κ1) is 13.1. The van der Waals surface area contributed by atoms with Crippen LogP contribution in [0.2, 0.25) is 5.02 Å². The molecule has 1 aromatic heterocycles. The maximum atomic E-state index is 6.11. The molecule has 2 rings (SSSR count). The van der Waals surface area contributed by atoms with Gasteiger partial charge >= 0.3 is 0 Å². The number of aromatic nitrogens is 1. The number of nitrogen functional groups attached to an aromatic ring is 1. The number of halogens is 1. The monoisotopic (exact) mass is 280 g/mol. The normalized spacial score (nSPS) is 10.3. The van der Waals surface area contributed by atoms with Crippen molar-refractivity contribution >= 4 is 29.1 Å². The van der Waals surface area contributed by atoms with Crippen LogP contribution < -0.4 is 10.5 Å². The zero-order chi connectivity index (χ0) is 13.0. The second kappa shape index (κ2) is 5.98. The Morgan fingerprint density at radius 3 is 3.00 bits per heavy atom. The topological polar surface area (TPSA) is 48.1 Å². The van der Waals surface area contributed by atoms with Crippen LogP contribution in [0.5, 0.6) is 5.88 Å². The quantitative estimate of drug-likeness (QED) is 0.686. The summed E-state index contributed by atoms with van der Waals surface area (Å²) >= 11 is 7.72. The Balaban J connectivity index is 2.14. The Labute approximate surface area is 115 Å². The molecule has 1 heterocycles. The average molecular weight is 281 g/mol. The third-order valence-electron chi connectivity index (χ3n) is 2.38. The van der Waals surface area contributed by atoms with E-state index in [1.165, 1.54) is 0 Å². The molecule has 2 aromatic rings.